The van der Waals surface area contributed by atoms with E-state index in [1.54, 1.807) is 0 Å². The molecule has 0 aliphatic carbocycles. The average molecular weight is 214 g/mol. The Morgan fingerprint density at radius 1 is 1.14 bits per heavy atom. The van der Waals surface area contributed by atoms with E-state index in [0.29, 0.717) is 0 Å². The Hall–Kier alpha value is 0.0900. The van der Waals surface area contributed by atoms with Crippen LogP contribution in [0.4, 0.5) is 0 Å². The van der Waals surface area contributed by atoms with E-state index in [2.05, 4.69) is 44.7 Å². The molecule has 14 heavy (non-hydrogen) atoms. The van der Waals surface area contributed by atoms with E-state index in [0.717, 1.165) is 5.25 Å². The lowest BCUT2D eigenvalue weighted by molar-refractivity contribution is 0.621. The molecule has 0 spiro atoms. The van der Waals surface area contributed by atoms with Gasteiger partial charge in [-0.05, 0) is 38.4 Å². The minimum Gasteiger partial charge on any atom is -0.159 e. The van der Waals surface area contributed by atoms with Crippen molar-refractivity contribution in [1.29, 1.82) is 0 Å². The monoisotopic (exact) mass is 214 g/mol. The van der Waals surface area contributed by atoms with Crippen LogP contribution in [-0.4, -0.2) is 11.0 Å². The fourth-order valence-electron chi connectivity index (χ4n) is 1.62. The maximum Gasteiger partial charge on any atom is 0.00443 e. The minimum absolute atomic E-state index is 0.918. The van der Waals surface area contributed by atoms with Gasteiger partial charge in [-0.15, -0.1) is 0 Å². The van der Waals surface area contributed by atoms with Crippen LogP contribution < -0.4 is 0 Å². The van der Waals surface area contributed by atoms with Crippen LogP contribution in [0.25, 0.3) is 0 Å². The molecule has 0 amide bonds. The summed E-state index contributed by atoms with van der Waals surface area (Å²) in [5, 5.41) is 0.918. The predicted octanol–water partition coefficient (Wildman–Crippen LogP) is 5.04. The van der Waals surface area contributed by atoms with Crippen molar-refractivity contribution < 1.29 is 0 Å². The lowest BCUT2D eigenvalue weighted by atomic mass is 10.1. The highest BCUT2D eigenvalue weighted by Gasteiger charge is 2.04. The van der Waals surface area contributed by atoms with E-state index in [-0.39, 0.29) is 0 Å². The molecule has 1 atom stereocenters. The SMILES string of the molecule is CC=CCCCCCC(CC)SCC. The van der Waals surface area contributed by atoms with Crippen LogP contribution >= 0.6 is 11.8 Å². The maximum absolute atomic E-state index is 2.31. The molecule has 84 valence electrons. The molecule has 1 unspecified atom stereocenters. The summed E-state index contributed by atoms with van der Waals surface area (Å²) in [6.07, 6.45) is 12.7. The number of unbranched alkanes of at least 4 members (excludes halogenated alkanes) is 3. The highest BCUT2D eigenvalue weighted by Crippen LogP contribution is 2.20. The molecule has 0 bridgehead atoms. The van der Waals surface area contributed by atoms with Gasteiger partial charge in [-0.25, -0.2) is 0 Å². The van der Waals surface area contributed by atoms with Gasteiger partial charge in [0.05, 0.1) is 0 Å². The summed E-state index contributed by atoms with van der Waals surface area (Å²) in [7, 11) is 0. The molecule has 0 aliphatic rings. The number of rotatable bonds is 9. The van der Waals surface area contributed by atoms with Crippen molar-refractivity contribution >= 4 is 11.8 Å². The summed E-state index contributed by atoms with van der Waals surface area (Å²) in [6, 6.07) is 0. The minimum atomic E-state index is 0.918. The first-order valence-electron chi connectivity index (χ1n) is 6.07. The predicted molar refractivity (Wildman–Crippen MR) is 70.1 cm³/mol. The third kappa shape index (κ3) is 8.68. The van der Waals surface area contributed by atoms with E-state index in [4.69, 9.17) is 0 Å². The molecule has 0 saturated carbocycles. The van der Waals surface area contributed by atoms with Crippen LogP contribution in [0.1, 0.15) is 59.3 Å². The first-order chi connectivity index (χ1) is 6.85. The molecular formula is C13H26S. The summed E-state index contributed by atoms with van der Waals surface area (Å²) < 4.78 is 0. The number of hydrogen-bond acceptors (Lipinski definition) is 1. The topological polar surface area (TPSA) is 0 Å². The summed E-state index contributed by atoms with van der Waals surface area (Å²) >= 11 is 2.13. The van der Waals surface area contributed by atoms with Crippen LogP contribution in [0.5, 0.6) is 0 Å². The molecule has 0 heterocycles. The zero-order valence-electron chi connectivity index (χ0n) is 10.1. The van der Waals surface area contributed by atoms with Crippen molar-refractivity contribution in [3.05, 3.63) is 12.2 Å². The van der Waals surface area contributed by atoms with Gasteiger partial charge in [0, 0.05) is 5.25 Å². The highest BCUT2D eigenvalue weighted by molar-refractivity contribution is 7.99. The van der Waals surface area contributed by atoms with Crippen molar-refractivity contribution in [2.45, 2.75) is 64.5 Å². The zero-order valence-corrected chi connectivity index (χ0v) is 10.9. The van der Waals surface area contributed by atoms with Gasteiger partial charge in [0.15, 0.2) is 0 Å². The molecule has 0 fully saturated rings. The van der Waals surface area contributed by atoms with Gasteiger partial charge in [0.1, 0.15) is 0 Å². The van der Waals surface area contributed by atoms with Gasteiger partial charge in [0.25, 0.3) is 0 Å². The van der Waals surface area contributed by atoms with E-state index < -0.39 is 0 Å². The molecule has 0 aromatic heterocycles. The normalized spacial score (nSPS) is 13.6. The van der Waals surface area contributed by atoms with Gasteiger partial charge >= 0.3 is 0 Å². The largest absolute Gasteiger partial charge is 0.159 e. The van der Waals surface area contributed by atoms with Crippen molar-refractivity contribution in [1.82, 2.24) is 0 Å². The van der Waals surface area contributed by atoms with Crippen molar-refractivity contribution in [3.63, 3.8) is 0 Å². The Morgan fingerprint density at radius 2 is 1.93 bits per heavy atom. The Bertz CT molecular complexity index is 129. The first-order valence-corrected chi connectivity index (χ1v) is 7.12. The number of thioether (sulfide) groups is 1. The molecule has 0 nitrogen and oxygen atoms in total. The van der Waals surface area contributed by atoms with Gasteiger partial charge in [0.2, 0.25) is 0 Å². The van der Waals surface area contributed by atoms with Crippen LogP contribution in [-0.2, 0) is 0 Å². The second-order valence-electron chi connectivity index (χ2n) is 3.69. The van der Waals surface area contributed by atoms with Crippen molar-refractivity contribution in [2.24, 2.45) is 0 Å². The van der Waals surface area contributed by atoms with Crippen LogP contribution in [0, 0.1) is 0 Å². The molecule has 1 heteroatoms. The molecule has 0 saturated heterocycles. The van der Waals surface area contributed by atoms with E-state index in [9.17, 15) is 0 Å². The van der Waals surface area contributed by atoms with Gasteiger partial charge in [-0.2, -0.15) is 11.8 Å². The lowest BCUT2D eigenvalue weighted by Gasteiger charge is -2.12. The third-order valence-electron chi connectivity index (χ3n) is 2.49. The first kappa shape index (κ1) is 14.1. The molecule has 0 aliphatic heterocycles. The molecule has 0 rings (SSSR count). The van der Waals surface area contributed by atoms with Crippen LogP contribution in [0.2, 0.25) is 0 Å². The van der Waals surface area contributed by atoms with Crippen LogP contribution in [0.3, 0.4) is 0 Å². The fourth-order valence-corrected chi connectivity index (χ4v) is 2.66. The molecule has 0 aromatic carbocycles. The second kappa shape index (κ2) is 11.2. The molecule has 0 radical (unpaired) electrons. The fraction of sp³-hybridized carbons (Fsp3) is 0.846. The Kier molecular flexibility index (Phi) is 11.2. The number of allylic oxidation sites excluding steroid dienone is 2. The summed E-state index contributed by atoms with van der Waals surface area (Å²) in [5.74, 6) is 1.27. The van der Waals surface area contributed by atoms with Gasteiger partial charge in [-0.1, -0.05) is 38.8 Å². The standard InChI is InChI=1S/C13H26S/c1-4-7-8-9-10-11-12-13(5-2)14-6-3/h4,7,13H,5-6,8-12H2,1-3H3. The summed E-state index contributed by atoms with van der Waals surface area (Å²) in [6.45, 7) is 6.68. The molecular weight excluding hydrogens is 188 g/mol. The van der Waals surface area contributed by atoms with E-state index >= 15 is 0 Å². The third-order valence-corrected chi connectivity index (χ3v) is 3.86. The Labute approximate surface area is 94.6 Å². The quantitative estimate of drug-likeness (QED) is 0.382. The maximum atomic E-state index is 2.31. The van der Waals surface area contributed by atoms with Gasteiger partial charge < -0.3 is 0 Å². The average Bonchev–Trinajstić information content (AvgIpc) is 2.21. The zero-order chi connectivity index (χ0) is 10.6. The van der Waals surface area contributed by atoms with Gasteiger partial charge in [-0.3, -0.25) is 0 Å². The highest BCUT2D eigenvalue weighted by atomic mass is 32.2. The summed E-state index contributed by atoms with van der Waals surface area (Å²) in [4.78, 5) is 0. The van der Waals surface area contributed by atoms with E-state index in [1.165, 1.54) is 44.3 Å². The number of hydrogen-bond donors (Lipinski definition) is 0. The smallest absolute Gasteiger partial charge is 0.00443 e. The Morgan fingerprint density at radius 3 is 2.50 bits per heavy atom. The van der Waals surface area contributed by atoms with Crippen molar-refractivity contribution in [2.75, 3.05) is 5.75 Å². The van der Waals surface area contributed by atoms with Crippen LogP contribution in [0.15, 0.2) is 12.2 Å². The van der Waals surface area contributed by atoms with E-state index in [1.807, 2.05) is 0 Å². The molecule has 0 aromatic rings. The molecule has 0 N–H and O–H groups in total. The summed E-state index contributed by atoms with van der Waals surface area (Å²) in [5.41, 5.74) is 0. The Balaban J connectivity index is 3.23. The van der Waals surface area contributed by atoms with Crippen molar-refractivity contribution in [3.8, 4) is 0 Å². The lowest BCUT2D eigenvalue weighted by Crippen LogP contribution is -2.00. The second-order valence-corrected chi connectivity index (χ2v) is 5.27.